The van der Waals surface area contributed by atoms with Gasteiger partial charge in [0.15, 0.2) is 11.9 Å². The van der Waals surface area contributed by atoms with Crippen molar-refractivity contribution in [2.24, 2.45) is 57.2 Å². The van der Waals surface area contributed by atoms with Crippen LogP contribution in [0.3, 0.4) is 0 Å². The zero-order valence-corrected chi connectivity index (χ0v) is 25.9. The van der Waals surface area contributed by atoms with Gasteiger partial charge in [0, 0.05) is 38.0 Å². The zero-order chi connectivity index (χ0) is 29.6. The number of esters is 2. The first-order chi connectivity index (χ1) is 18.6. The van der Waals surface area contributed by atoms with Gasteiger partial charge in [-0.2, -0.15) is 0 Å². The molecule has 0 saturated heterocycles. The Morgan fingerprint density at radius 2 is 1.62 bits per heavy atom. The van der Waals surface area contributed by atoms with Crippen molar-refractivity contribution < 1.29 is 28.7 Å². The van der Waals surface area contributed by atoms with Crippen LogP contribution in [0.25, 0.3) is 0 Å². The van der Waals surface area contributed by atoms with E-state index in [1.165, 1.54) is 20.3 Å². The first-order valence-electron chi connectivity index (χ1n) is 15.7. The molecule has 11 atom stereocenters. The van der Waals surface area contributed by atoms with Gasteiger partial charge in [-0.15, -0.1) is 0 Å². The van der Waals surface area contributed by atoms with Gasteiger partial charge in [0.1, 0.15) is 11.9 Å². The maximum atomic E-state index is 13.7. The lowest BCUT2D eigenvalue weighted by molar-refractivity contribution is -0.167. The van der Waals surface area contributed by atoms with Gasteiger partial charge in [0.05, 0.1) is 0 Å². The second-order valence-electron chi connectivity index (χ2n) is 15.1. The monoisotopic (exact) mass is 554 g/mol. The Morgan fingerprint density at radius 3 is 2.23 bits per heavy atom. The third kappa shape index (κ3) is 3.86. The van der Waals surface area contributed by atoms with E-state index >= 15 is 0 Å². The van der Waals surface area contributed by atoms with Crippen molar-refractivity contribution in [1.82, 2.24) is 0 Å². The molecule has 0 aromatic carbocycles. The zero-order valence-electron chi connectivity index (χ0n) is 25.9. The van der Waals surface area contributed by atoms with Gasteiger partial charge in [-0.1, -0.05) is 48.1 Å². The highest BCUT2D eigenvalue weighted by Gasteiger charge is 2.82. The number of ether oxygens (including phenoxy) is 2. The lowest BCUT2D eigenvalue weighted by atomic mass is 9.43. The summed E-state index contributed by atoms with van der Waals surface area (Å²) in [4.78, 5) is 51.1. The van der Waals surface area contributed by atoms with E-state index in [0.29, 0.717) is 29.6 Å². The minimum absolute atomic E-state index is 0.0630. The first-order valence-corrected chi connectivity index (χ1v) is 15.7. The topological polar surface area (TPSA) is 86.7 Å². The Hall–Kier alpha value is -1.98. The van der Waals surface area contributed by atoms with Gasteiger partial charge in [0.25, 0.3) is 0 Å². The second-order valence-corrected chi connectivity index (χ2v) is 15.1. The predicted octanol–water partition coefficient (Wildman–Crippen LogP) is 6.50. The maximum Gasteiger partial charge on any atom is 0.303 e. The summed E-state index contributed by atoms with van der Waals surface area (Å²) in [6.07, 6.45) is 6.68. The van der Waals surface area contributed by atoms with Crippen molar-refractivity contribution >= 4 is 23.5 Å². The molecule has 0 heterocycles. The molecule has 0 bridgehead atoms. The van der Waals surface area contributed by atoms with Crippen LogP contribution in [0.2, 0.25) is 0 Å². The molecule has 6 nitrogen and oxygen atoms in total. The van der Waals surface area contributed by atoms with Crippen LogP contribution in [0.15, 0.2) is 12.2 Å². The summed E-state index contributed by atoms with van der Waals surface area (Å²) in [5, 5.41) is 0. The molecule has 0 amide bonds. The molecular formula is C34H50O6. The Labute approximate surface area is 240 Å². The molecule has 0 aliphatic heterocycles. The number of rotatable bonds is 7. The average molecular weight is 555 g/mol. The van der Waals surface area contributed by atoms with Crippen LogP contribution in [-0.4, -0.2) is 35.7 Å². The molecule has 5 fully saturated rings. The van der Waals surface area contributed by atoms with Gasteiger partial charge in [0.2, 0.25) is 0 Å². The lowest BCUT2D eigenvalue weighted by Gasteiger charge is -2.61. The van der Waals surface area contributed by atoms with Crippen LogP contribution < -0.4 is 0 Å². The molecule has 6 heteroatoms. The predicted molar refractivity (Wildman–Crippen MR) is 152 cm³/mol. The van der Waals surface area contributed by atoms with E-state index in [2.05, 4.69) is 27.4 Å². The van der Waals surface area contributed by atoms with E-state index in [4.69, 9.17) is 9.47 Å². The first kappa shape index (κ1) is 29.5. The van der Waals surface area contributed by atoms with Crippen molar-refractivity contribution in [2.75, 3.05) is 0 Å². The molecule has 0 N–H and O–H groups in total. The molecule has 5 rings (SSSR count). The quantitative estimate of drug-likeness (QED) is 0.264. The number of hydrogen-bond acceptors (Lipinski definition) is 6. The molecule has 5 saturated carbocycles. The number of ketones is 2. The molecule has 222 valence electrons. The standard InChI is InChI=1S/C34H50O6/c1-18(2)19(3)29(38)30(40-23(7)36)21(5)28-26(39-22(6)35)16-32(9)27-11-10-24-20(4)25(37)12-13-33(24)17-34(27,33)15-14-31(28,32)8/h18,20-21,24,26-28,30H,3,10-17H2,1-2,4-9H3/t20-,21-,24-,26-,27-,28-,30+,31+,32-,33+,34-/m0/s1. The highest BCUT2D eigenvalue weighted by molar-refractivity contribution is 5.99. The second kappa shape index (κ2) is 9.52. The largest absolute Gasteiger partial charge is 0.462 e. The number of hydrogen-bond donors (Lipinski definition) is 0. The molecule has 0 radical (unpaired) electrons. The van der Waals surface area contributed by atoms with E-state index < -0.39 is 12.1 Å². The molecule has 0 unspecified atom stereocenters. The number of fused-ring (bicyclic) bond motifs is 2. The molecule has 40 heavy (non-hydrogen) atoms. The third-order valence-electron chi connectivity index (χ3n) is 13.4. The Morgan fingerprint density at radius 1 is 0.950 bits per heavy atom. The fourth-order valence-corrected chi connectivity index (χ4v) is 11.4. The van der Waals surface area contributed by atoms with Crippen LogP contribution in [-0.2, 0) is 28.7 Å². The number of Topliss-reactive ketones (excluding diaryl/α,β-unsaturated/α-hetero) is 2. The summed E-state index contributed by atoms with van der Waals surface area (Å²) in [5.41, 5.74) is 0.694. The van der Waals surface area contributed by atoms with E-state index in [0.717, 1.165) is 38.5 Å². The summed E-state index contributed by atoms with van der Waals surface area (Å²) < 4.78 is 11.9. The number of carbonyl (C=O) groups is 4. The van der Waals surface area contributed by atoms with Gasteiger partial charge in [-0.3, -0.25) is 19.2 Å². The number of carbonyl (C=O) groups excluding carboxylic acids is 4. The molecule has 0 aromatic heterocycles. The van der Waals surface area contributed by atoms with Crippen LogP contribution in [0.5, 0.6) is 0 Å². The maximum absolute atomic E-state index is 13.7. The average Bonchev–Trinajstić information content (AvgIpc) is 3.47. The van der Waals surface area contributed by atoms with Crippen LogP contribution >= 0.6 is 0 Å². The van der Waals surface area contributed by atoms with Crippen molar-refractivity contribution in [3.8, 4) is 0 Å². The van der Waals surface area contributed by atoms with E-state index in [1.807, 2.05) is 20.8 Å². The van der Waals surface area contributed by atoms with E-state index in [9.17, 15) is 19.2 Å². The molecule has 5 aliphatic carbocycles. The molecular weight excluding hydrogens is 504 g/mol. The van der Waals surface area contributed by atoms with Crippen LogP contribution in [0.4, 0.5) is 0 Å². The van der Waals surface area contributed by atoms with Crippen molar-refractivity contribution in [2.45, 2.75) is 119 Å². The van der Waals surface area contributed by atoms with Gasteiger partial charge < -0.3 is 9.47 Å². The molecule has 0 aromatic rings. The van der Waals surface area contributed by atoms with Gasteiger partial charge in [-0.25, -0.2) is 0 Å². The smallest absolute Gasteiger partial charge is 0.303 e. The van der Waals surface area contributed by atoms with Crippen molar-refractivity contribution in [3.05, 3.63) is 12.2 Å². The minimum Gasteiger partial charge on any atom is -0.462 e. The Balaban J connectivity index is 1.53. The Bertz CT molecular complexity index is 1140. The molecule has 5 aliphatic rings. The summed E-state index contributed by atoms with van der Waals surface area (Å²) in [6, 6.07) is 0. The fraction of sp³-hybridized carbons (Fsp3) is 0.824. The summed E-state index contributed by atoms with van der Waals surface area (Å²) in [5.74, 6) is 0.0141. The summed E-state index contributed by atoms with van der Waals surface area (Å²) in [6.45, 7) is 19.6. The van der Waals surface area contributed by atoms with Crippen molar-refractivity contribution in [3.63, 3.8) is 0 Å². The lowest BCUT2D eigenvalue weighted by Crippen LogP contribution is -2.56. The SMILES string of the molecule is C=C(C(=O)[C@H](OC(C)=O)[C@@H](C)[C@H]1[C@@H](OC(C)=O)C[C@@]2(C)[C@@H]3CC[C@H]4[C@H](C)C(=O)CC[C@@]45C[C@@]35CC[C@]12C)C(C)C. The summed E-state index contributed by atoms with van der Waals surface area (Å²) >= 11 is 0. The van der Waals surface area contributed by atoms with Gasteiger partial charge in [-0.05, 0) is 89.9 Å². The van der Waals surface area contributed by atoms with Crippen LogP contribution in [0.1, 0.15) is 107 Å². The summed E-state index contributed by atoms with van der Waals surface area (Å²) in [7, 11) is 0. The van der Waals surface area contributed by atoms with Gasteiger partial charge >= 0.3 is 11.9 Å². The molecule has 2 spiro atoms. The van der Waals surface area contributed by atoms with Crippen LogP contribution in [0, 0.1) is 57.2 Å². The third-order valence-corrected chi connectivity index (χ3v) is 13.4. The van der Waals surface area contributed by atoms with E-state index in [-0.39, 0.29) is 63.2 Å². The van der Waals surface area contributed by atoms with Crippen molar-refractivity contribution in [1.29, 1.82) is 0 Å². The highest BCUT2D eigenvalue weighted by Crippen LogP contribution is 2.88. The van der Waals surface area contributed by atoms with E-state index in [1.54, 1.807) is 0 Å². The highest BCUT2D eigenvalue weighted by atomic mass is 16.6. The fourth-order valence-electron chi connectivity index (χ4n) is 11.4. The normalized spacial score (nSPS) is 44.8. The minimum atomic E-state index is -0.960. The Kier molecular flexibility index (Phi) is 7.03.